The van der Waals surface area contributed by atoms with Gasteiger partial charge >= 0.3 is 0 Å². The highest BCUT2D eigenvalue weighted by Gasteiger charge is 2.11. The van der Waals surface area contributed by atoms with E-state index < -0.39 is 0 Å². The molecule has 0 unspecified atom stereocenters. The van der Waals surface area contributed by atoms with Crippen molar-refractivity contribution in [2.75, 3.05) is 14.2 Å². The number of carbonyl (C=O) groups excluding carboxylic acids is 1. The fraction of sp³-hybridized carbons (Fsp3) is 0.214. The van der Waals surface area contributed by atoms with Gasteiger partial charge in [0.1, 0.15) is 5.69 Å². The molecule has 0 aliphatic heterocycles. The predicted octanol–water partition coefficient (Wildman–Crippen LogP) is 2.36. The minimum Gasteiger partial charge on any atom is -0.481 e. The summed E-state index contributed by atoms with van der Waals surface area (Å²) in [6.07, 6.45) is 0. The largest absolute Gasteiger partial charge is 0.481 e. The Hall–Kier alpha value is -2.43. The summed E-state index contributed by atoms with van der Waals surface area (Å²) < 4.78 is 10.3. The van der Waals surface area contributed by atoms with Crippen molar-refractivity contribution in [2.45, 2.75) is 6.92 Å². The zero-order valence-electron chi connectivity index (χ0n) is 11.0. The Morgan fingerprint density at radius 3 is 2.47 bits per heavy atom. The van der Waals surface area contributed by atoms with Crippen molar-refractivity contribution in [3.63, 3.8) is 0 Å². The first-order valence-corrected chi connectivity index (χ1v) is 5.73. The lowest BCUT2D eigenvalue weighted by atomic mass is 10.1. The molecule has 2 heterocycles. The van der Waals surface area contributed by atoms with Gasteiger partial charge in [0.2, 0.25) is 11.8 Å². The van der Waals surface area contributed by atoms with Gasteiger partial charge in [0.25, 0.3) is 0 Å². The van der Waals surface area contributed by atoms with Gasteiger partial charge in [-0.25, -0.2) is 4.98 Å². The van der Waals surface area contributed by atoms with Crippen LogP contribution in [0.1, 0.15) is 17.4 Å². The number of pyridine rings is 2. The van der Waals surface area contributed by atoms with Crippen molar-refractivity contribution in [1.82, 2.24) is 9.97 Å². The monoisotopic (exact) mass is 258 g/mol. The molecule has 0 fully saturated rings. The van der Waals surface area contributed by atoms with Crippen LogP contribution in [0.3, 0.4) is 0 Å². The van der Waals surface area contributed by atoms with Gasteiger partial charge in [-0.15, -0.1) is 0 Å². The van der Waals surface area contributed by atoms with Crippen LogP contribution in [0.4, 0.5) is 0 Å². The van der Waals surface area contributed by atoms with Crippen molar-refractivity contribution in [1.29, 1.82) is 0 Å². The van der Waals surface area contributed by atoms with Gasteiger partial charge in [-0.1, -0.05) is 6.07 Å². The molecule has 5 nitrogen and oxygen atoms in total. The number of nitrogens with zero attached hydrogens (tertiary/aromatic N) is 2. The van der Waals surface area contributed by atoms with Crippen molar-refractivity contribution >= 4 is 5.78 Å². The Kier molecular flexibility index (Phi) is 3.75. The Labute approximate surface area is 111 Å². The summed E-state index contributed by atoms with van der Waals surface area (Å²) in [5.74, 6) is 0.790. The molecule has 2 rings (SSSR count). The van der Waals surface area contributed by atoms with Crippen molar-refractivity contribution in [3.05, 3.63) is 36.0 Å². The second-order valence-corrected chi connectivity index (χ2v) is 3.87. The van der Waals surface area contributed by atoms with Crippen LogP contribution in [0, 0.1) is 0 Å². The van der Waals surface area contributed by atoms with Gasteiger partial charge in [-0.3, -0.25) is 4.79 Å². The smallest absolute Gasteiger partial charge is 0.225 e. The van der Waals surface area contributed by atoms with E-state index in [0.29, 0.717) is 28.7 Å². The average Bonchev–Trinajstić information content (AvgIpc) is 2.46. The second-order valence-electron chi connectivity index (χ2n) is 3.87. The number of methoxy groups -OCH3 is 2. The Morgan fingerprint density at radius 1 is 1.05 bits per heavy atom. The standard InChI is InChI=1S/C14H14N2O3/c1-9(17)11-5-4-6-12(15-11)10-7-8-13(18-2)16-14(10)19-3/h4-8H,1-3H3. The molecule has 0 saturated heterocycles. The molecule has 0 amide bonds. The molecule has 0 N–H and O–H groups in total. The van der Waals surface area contributed by atoms with Crippen LogP contribution in [-0.4, -0.2) is 30.0 Å². The lowest BCUT2D eigenvalue weighted by Gasteiger charge is -2.09. The minimum absolute atomic E-state index is 0.0812. The van der Waals surface area contributed by atoms with Crippen LogP contribution < -0.4 is 9.47 Å². The van der Waals surface area contributed by atoms with E-state index in [-0.39, 0.29) is 5.78 Å². The van der Waals surface area contributed by atoms with Gasteiger partial charge in [-0.2, -0.15) is 4.98 Å². The second kappa shape index (κ2) is 5.48. The molecule has 0 aromatic carbocycles. The quantitative estimate of drug-likeness (QED) is 0.788. The summed E-state index contributed by atoms with van der Waals surface area (Å²) in [5, 5.41) is 0. The van der Waals surface area contributed by atoms with Gasteiger partial charge in [0.15, 0.2) is 5.78 Å². The van der Waals surface area contributed by atoms with Crippen LogP contribution in [0.5, 0.6) is 11.8 Å². The number of carbonyl (C=O) groups is 1. The number of Topliss-reactive ketones (excluding diaryl/α,β-unsaturated/α-hetero) is 1. The minimum atomic E-state index is -0.0812. The third-order valence-electron chi connectivity index (χ3n) is 2.62. The predicted molar refractivity (Wildman–Crippen MR) is 70.6 cm³/mol. The third kappa shape index (κ3) is 2.70. The first kappa shape index (κ1) is 13.0. The molecule has 0 aliphatic carbocycles. The molecule has 98 valence electrons. The summed E-state index contributed by atoms with van der Waals surface area (Å²) in [7, 11) is 3.07. The number of rotatable bonds is 4. The van der Waals surface area contributed by atoms with Crippen molar-refractivity contribution in [2.24, 2.45) is 0 Å². The maximum absolute atomic E-state index is 11.4. The van der Waals surface area contributed by atoms with Crippen LogP contribution in [0.2, 0.25) is 0 Å². The fourth-order valence-corrected chi connectivity index (χ4v) is 1.67. The molecule has 2 aromatic heterocycles. The van der Waals surface area contributed by atoms with Crippen LogP contribution in [0.25, 0.3) is 11.3 Å². The van der Waals surface area contributed by atoms with Crippen LogP contribution in [-0.2, 0) is 0 Å². The summed E-state index contributed by atoms with van der Waals surface area (Å²) in [6.45, 7) is 1.48. The Balaban J connectivity index is 2.52. The molecule has 0 spiro atoms. The number of hydrogen-bond acceptors (Lipinski definition) is 5. The number of ether oxygens (including phenoxy) is 2. The molecule has 0 atom stereocenters. The normalized spacial score (nSPS) is 10.1. The van der Waals surface area contributed by atoms with Crippen LogP contribution >= 0.6 is 0 Å². The topological polar surface area (TPSA) is 61.3 Å². The number of ketones is 1. The molecule has 19 heavy (non-hydrogen) atoms. The van der Waals surface area contributed by atoms with E-state index in [1.165, 1.54) is 21.1 Å². The summed E-state index contributed by atoms with van der Waals surface area (Å²) >= 11 is 0. The lowest BCUT2D eigenvalue weighted by molar-refractivity contribution is 0.101. The summed E-state index contributed by atoms with van der Waals surface area (Å²) in [5.41, 5.74) is 1.77. The number of aromatic nitrogens is 2. The Bertz CT molecular complexity index is 611. The van der Waals surface area contributed by atoms with Gasteiger partial charge in [0, 0.05) is 13.0 Å². The van der Waals surface area contributed by atoms with Crippen LogP contribution in [0.15, 0.2) is 30.3 Å². The van der Waals surface area contributed by atoms with Gasteiger partial charge < -0.3 is 9.47 Å². The highest BCUT2D eigenvalue weighted by atomic mass is 16.5. The molecule has 5 heteroatoms. The van der Waals surface area contributed by atoms with E-state index >= 15 is 0 Å². The first-order valence-electron chi connectivity index (χ1n) is 5.73. The highest BCUT2D eigenvalue weighted by molar-refractivity contribution is 5.92. The van der Waals surface area contributed by atoms with E-state index in [9.17, 15) is 4.79 Å². The van der Waals surface area contributed by atoms with Crippen molar-refractivity contribution in [3.8, 4) is 23.0 Å². The molecular weight excluding hydrogens is 244 g/mol. The molecular formula is C14H14N2O3. The number of hydrogen-bond donors (Lipinski definition) is 0. The van der Waals surface area contributed by atoms with Gasteiger partial charge in [-0.05, 0) is 18.2 Å². The van der Waals surface area contributed by atoms with Gasteiger partial charge in [0.05, 0.1) is 25.5 Å². The molecule has 0 bridgehead atoms. The SMILES string of the molecule is COc1ccc(-c2cccc(C(C)=O)n2)c(OC)n1. The molecule has 2 aromatic rings. The average molecular weight is 258 g/mol. The summed E-state index contributed by atoms with van der Waals surface area (Å²) in [4.78, 5) is 19.8. The van der Waals surface area contributed by atoms with E-state index in [2.05, 4.69) is 9.97 Å². The highest BCUT2D eigenvalue weighted by Crippen LogP contribution is 2.28. The maximum atomic E-state index is 11.4. The molecule has 0 radical (unpaired) electrons. The molecule has 0 saturated carbocycles. The Morgan fingerprint density at radius 2 is 1.84 bits per heavy atom. The third-order valence-corrected chi connectivity index (χ3v) is 2.62. The molecule has 0 aliphatic rings. The lowest BCUT2D eigenvalue weighted by Crippen LogP contribution is -2.00. The fourth-order valence-electron chi connectivity index (χ4n) is 1.67. The van der Waals surface area contributed by atoms with E-state index in [0.717, 1.165) is 0 Å². The summed E-state index contributed by atoms with van der Waals surface area (Å²) in [6, 6.07) is 8.79. The van der Waals surface area contributed by atoms with E-state index in [1.54, 1.807) is 30.3 Å². The zero-order chi connectivity index (χ0) is 13.8. The zero-order valence-corrected chi connectivity index (χ0v) is 11.0. The van der Waals surface area contributed by atoms with E-state index in [4.69, 9.17) is 9.47 Å². The van der Waals surface area contributed by atoms with Crippen molar-refractivity contribution < 1.29 is 14.3 Å². The maximum Gasteiger partial charge on any atom is 0.225 e. The van der Waals surface area contributed by atoms with E-state index in [1.807, 2.05) is 0 Å². The first-order chi connectivity index (χ1) is 9.15.